The lowest BCUT2D eigenvalue weighted by Crippen LogP contribution is -2.43. The number of nitrogens with one attached hydrogen (secondary N) is 1. The first-order valence-corrected chi connectivity index (χ1v) is 13.0. The van der Waals surface area contributed by atoms with Crippen molar-refractivity contribution in [3.63, 3.8) is 0 Å². The fraction of sp³-hybridized carbons (Fsp3) is 0.696. The lowest BCUT2D eigenvalue weighted by Gasteiger charge is -2.25. The number of likely N-dealkylation sites (tertiary alicyclic amines) is 2. The van der Waals surface area contributed by atoms with Gasteiger partial charge < -0.3 is 10.2 Å². The molecule has 176 valence electrons. The smallest absolute Gasteiger partial charge is 0.194 e. The van der Waals surface area contributed by atoms with Crippen molar-refractivity contribution in [2.24, 2.45) is 4.99 Å². The molecular weight excluding hydrogens is 523 g/mol. The molecule has 3 rings (SSSR count). The summed E-state index contributed by atoms with van der Waals surface area (Å²) in [5.41, 5.74) is 1.14. The van der Waals surface area contributed by atoms with Gasteiger partial charge >= 0.3 is 0 Å². The zero-order chi connectivity index (χ0) is 21.8. The van der Waals surface area contributed by atoms with E-state index in [0.717, 1.165) is 37.6 Å². The second-order valence-corrected chi connectivity index (χ2v) is 11.6. The van der Waals surface area contributed by atoms with Crippen molar-refractivity contribution >= 4 is 39.8 Å². The first kappa shape index (κ1) is 26.4. The molecule has 0 radical (unpaired) electrons. The van der Waals surface area contributed by atoms with Gasteiger partial charge in [-0.05, 0) is 62.4 Å². The Morgan fingerprint density at radius 1 is 1.13 bits per heavy atom. The van der Waals surface area contributed by atoms with Crippen molar-refractivity contribution in [1.82, 2.24) is 15.1 Å². The molecule has 8 heteroatoms. The number of hydrogen-bond donors (Lipinski definition) is 1. The van der Waals surface area contributed by atoms with Crippen molar-refractivity contribution in [3.8, 4) is 0 Å². The highest BCUT2D eigenvalue weighted by molar-refractivity contribution is 14.0. The van der Waals surface area contributed by atoms with Crippen LogP contribution in [0.2, 0.25) is 0 Å². The van der Waals surface area contributed by atoms with E-state index in [1.54, 1.807) is 12.1 Å². The number of halogens is 1. The average molecular weight is 563 g/mol. The first-order valence-electron chi connectivity index (χ1n) is 11.3. The van der Waals surface area contributed by atoms with Crippen LogP contribution >= 0.6 is 24.0 Å². The highest BCUT2D eigenvalue weighted by atomic mass is 127. The third-order valence-corrected chi connectivity index (χ3v) is 7.87. The number of guanidine groups is 1. The van der Waals surface area contributed by atoms with Gasteiger partial charge in [-0.2, -0.15) is 0 Å². The van der Waals surface area contributed by atoms with Crippen LogP contribution in [0.4, 0.5) is 0 Å². The second-order valence-electron chi connectivity index (χ2n) is 9.46. The Kier molecular flexibility index (Phi) is 9.63. The van der Waals surface area contributed by atoms with Crippen molar-refractivity contribution in [2.45, 2.75) is 63.3 Å². The van der Waals surface area contributed by atoms with Gasteiger partial charge in [0.05, 0.1) is 17.2 Å². The van der Waals surface area contributed by atoms with Gasteiger partial charge in [0.15, 0.2) is 15.8 Å². The summed E-state index contributed by atoms with van der Waals surface area (Å²) < 4.78 is 25.5. The molecular formula is C23H39IN4O2S. The Morgan fingerprint density at radius 2 is 1.77 bits per heavy atom. The Balaban J connectivity index is 0.00000341. The molecule has 1 atom stereocenters. The zero-order valence-corrected chi connectivity index (χ0v) is 22.6. The third-order valence-electron chi connectivity index (χ3n) is 6.16. The van der Waals surface area contributed by atoms with E-state index in [9.17, 15) is 8.42 Å². The molecule has 2 aliphatic heterocycles. The molecule has 0 amide bonds. The van der Waals surface area contributed by atoms with Crippen LogP contribution < -0.4 is 5.32 Å². The molecule has 0 bridgehead atoms. The molecule has 1 N–H and O–H groups in total. The molecule has 6 nitrogen and oxygen atoms in total. The van der Waals surface area contributed by atoms with E-state index in [1.165, 1.54) is 25.9 Å². The van der Waals surface area contributed by atoms with Gasteiger partial charge in [0.1, 0.15) is 0 Å². The van der Waals surface area contributed by atoms with Crippen molar-refractivity contribution in [2.75, 3.05) is 45.0 Å². The van der Waals surface area contributed by atoms with Crippen LogP contribution in [0.15, 0.2) is 34.2 Å². The standard InChI is InChI=1S/C23H38N4O2S.HI/c1-5-24-22(27-16-12-20(18-27)26-14-6-7-15-26)25-13-17-30(28,29)21-10-8-19(9-11-21)23(2,3)4;/h8-11,20H,5-7,12-18H2,1-4H3,(H,24,25);1H. The van der Waals surface area contributed by atoms with E-state index in [-0.39, 0.29) is 41.7 Å². The largest absolute Gasteiger partial charge is 0.357 e. The van der Waals surface area contributed by atoms with Gasteiger partial charge in [-0.25, -0.2) is 8.42 Å². The van der Waals surface area contributed by atoms with Gasteiger partial charge in [-0.1, -0.05) is 32.9 Å². The predicted molar refractivity (Wildman–Crippen MR) is 139 cm³/mol. The molecule has 0 spiro atoms. The summed E-state index contributed by atoms with van der Waals surface area (Å²) in [5, 5.41) is 3.35. The maximum Gasteiger partial charge on any atom is 0.194 e. The summed E-state index contributed by atoms with van der Waals surface area (Å²) in [6.07, 6.45) is 3.77. The number of nitrogens with zero attached hydrogens (tertiary/aromatic N) is 3. The third kappa shape index (κ3) is 7.05. The number of sulfone groups is 1. The SMILES string of the molecule is CCNC(=NCCS(=O)(=O)c1ccc(C(C)(C)C)cc1)N1CCC(N2CCCC2)C1.I. The minimum atomic E-state index is -3.34. The van der Waals surface area contributed by atoms with Crippen LogP contribution in [-0.4, -0.2) is 75.2 Å². The summed E-state index contributed by atoms with van der Waals surface area (Å²) in [4.78, 5) is 9.92. The molecule has 31 heavy (non-hydrogen) atoms. The molecule has 2 fully saturated rings. The summed E-state index contributed by atoms with van der Waals surface area (Å²) in [6.45, 7) is 13.9. The van der Waals surface area contributed by atoms with E-state index < -0.39 is 9.84 Å². The fourth-order valence-electron chi connectivity index (χ4n) is 4.32. The van der Waals surface area contributed by atoms with Crippen LogP contribution in [0.5, 0.6) is 0 Å². The van der Waals surface area contributed by atoms with Gasteiger partial charge in [0, 0.05) is 25.7 Å². The topological polar surface area (TPSA) is 65.0 Å². The van der Waals surface area contributed by atoms with E-state index >= 15 is 0 Å². The van der Waals surface area contributed by atoms with Gasteiger partial charge in [-0.15, -0.1) is 24.0 Å². The number of aliphatic imine (C=N–C) groups is 1. The van der Waals surface area contributed by atoms with Crippen LogP contribution in [0, 0.1) is 0 Å². The molecule has 0 aliphatic carbocycles. The van der Waals surface area contributed by atoms with E-state index in [4.69, 9.17) is 0 Å². The van der Waals surface area contributed by atoms with Crippen LogP contribution in [0.1, 0.15) is 52.5 Å². The lowest BCUT2D eigenvalue weighted by atomic mass is 9.87. The summed E-state index contributed by atoms with van der Waals surface area (Å²) in [6, 6.07) is 7.89. The minimum Gasteiger partial charge on any atom is -0.357 e. The first-order chi connectivity index (χ1) is 14.2. The van der Waals surface area contributed by atoms with Crippen LogP contribution in [-0.2, 0) is 15.3 Å². The highest BCUT2D eigenvalue weighted by Crippen LogP contribution is 2.24. The number of benzene rings is 1. The average Bonchev–Trinajstić information content (AvgIpc) is 3.38. The monoisotopic (exact) mass is 562 g/mol. The number of hydrogen-bond acceptors (Lipinski definition) is 4. The van der Waals surface area contributed by atoms with E-state index in [1.807, 2.05) is 12.1 Å². The normalized spacial score (nSPS) is 20.7. The zero-order valence-electron chi connectivity index (χ0n) is 19.4. The summed E-state index contributed by atoms with van der Waals surface area (Å²) in [7, 11) is -3.34. The van der Waals surface area contributed by atoms with Gasteiger partial charge in [-0.3, -0.25) is 9.89 Å². The summed E-state index contributed by atoms with van der Waals surface area (Å²) in [5.74, 6) is 0.873. The minimum absolute atomic E-state index is 0. The van der Waals surface area contributed by atoms with Gasteiger partial charge in [0.2, 0.25) is 0 Å². The Labute approximate surface area is 205 Å². The molecule has 0 aromatic heterocycles. The molecule has 2 saturated heterocycles. The molecule has 2 heterocycles. The van der Waals surface area contributed by atoms with Crippen molar-refractivity contribution in [1.29, 1.82) is 0 Å². The Bertz CT molecular complexity index is 828. The molecule has 1 aromatic carbocycles. The van der Waals surface area contributed by atoms with Gasteiger partial charge in [0.25, 0.3) is 0 Å². The van der Waals surface area contributed by atoms with Crippen LogP contribution in [0.25, 0.3) is 0 Å². The Hall–Kier alpha value is -0.870. The molecule has 2 aliphatic rings. The van der Waals surface area contributed by atoms with Crippen molar-refractivity contribution in [3.05, 3.63) is 29.8 Å². The van der Waals surface area contributed by atoms with E-state index in [2.05, 4.69) is 47.8 Å². The lowest BCUT2D eigenvalue weighted by molar-refractivity contribution is 0.249. The predicted octanol–water partition coefficient (Wildman–Crippen LogP) is 3.51. The van der Waals surface area contributed by atoms with Crippen LogP contribution in [0.3, 0.4) is 0 Å². The molecule has 1 unspecified atom stereocenters. The molecule has 1 aromatic rings. The second kappa shape index (κ2) is 11.3. The number of rotatable bonds is 6. The maximum absolute atomic E-state index is 12.8. The van der Waals surface area contributed by atoms with E-state index in [0.29, 0.717) is 10.9 Å². The highest BCUT2D eigenvalue weighted by Gasteiger charge is 2.30. The summed E-state index contributed by atoms with van der Waals surface area (Å²) >= 11 is 0. The Morgan fingerprint density at radius 3 is 2.35 bits per heavy atom. The quantitative estimate of drug-likeness (QED) is 0.327. The van der Waals surface area contributed by atoms with Crippen molar-refractivity contribution < 1.29 is 8.42 Å². The molecule has 0 saturated carbocycles. The fourth-order valence-corrected chi connectivity index (χ4v) is 5.43. The maximum atomic E-state index is 12.8.